The van der Waals surface area contributed by atoms with E-state index in [1.165, 1.54) is 5.56 Å². The van der Waals surface area contributed by atoms with Crippen LogP contribution in [0.3, 0.4) is 0 Å². The first-order chi connectivity index (χ1) is 10.6. The van der Waals surface area contributed by atoms with E-state index >= 15 is 0 Å². The maximum absolute atomic E-state index is 5.02. The van der Waals surface area contributed by atoms with Crippen molar-refractivity contribution >= 4 is 23.3 Å². The van der Waals surface area contributed by atoms with Crippen LogP contribution in [0.25, 0.3) is 0 Å². The lowest BCUT2D eigenvalue weighted by molar-refractivity contribution is 0.400. The van der Waals surface area contributed by atoms with Gasteiger partial charge in [-0.3, -0.25) is 0 Å². The van der Waals surface area contributed by atoms with Crippen LogP contribution in [-0.4, -0.2) is 15.1 Å². The molecular weight excluding hydrogens is 278 g/mol. The number of anilines is 4. The van der Waals surface area contributed by atoms with Crippen LogP contribution in [0.5, 0.6) is 0 Å². The van der Waals surface area contributed by atoms with E-state index in [0.717, 1.165) is 17.0 Å². The highest BCUT2D eigenvalue weighted by Crippen LogP contribution is 2.21. The van der Waals surface area contributed by atoms with Crippen LogP contribution < -0.4 is 10.6 Å². The van der Waals surface area contributed by atoms with Crippen molar-refractivity contribution in [2.75, 3.05) is 10.6 Å². The zero-order chi connectivity index (χ0) is 15.5. The van der Waals surface area contributed by atoms with Crippen molar-refractivity contribution < 1.29 is 4.52 Å². The minimum atomic E-state index is 0.525. The first-order valence-corrected chi connectivity index (χ1v) is 6.98. The Balaban J connectivity index is 1.78. The highest BCUT2D eigenvalue weighted by Gasteiger charge is 2.05. The van der Waals surface area contributed by atoms with Gasteiger partial charge < -0.3 is 15.2 Å². The monoisotopic (exact) mass is 295 g/mol. The third-order valence-corrected chi connectivity index (χ3v) is 3.17. The van der Waals surface area contributed by atoms with E-state index in [9.17, 15) is 0 Å². The summed E-state index contributed by atoms with van der Waals surface area (Å²) in [6, 6.07) is 9.77. The molecular formula is C16H17N5O. The standard InChI is InChI=1S/C16H17N5O/c1-10-4-5-13(11(2)8-10)18-16-17-7-6-14(20-16)19-15-9-12(3)22-21-15/h4-9H,1-3H3,(H2,17,18,19,20,21). The van der Waals surface area contributed by atoms with Gasteiger partial charge in [-0.1, -0.05) is 22.9 Å². The molecule has 0 aliphatic rings. The van der Waals surface area contributed by atoms with Gasteiger partial charge in [0.2, 0.25) is 5.95 Å². The Bertz CT molecular complexity index is 797. The third-order valence-electron chi connectivity index (χ3n) is 3.17. The van der Waals surface area contributed by atoms with E-state index in [-0.39, 0.29) is 0 Å². The minimum Gasteiger partial charge on any atom is -0.360 e. The first-order valence-electron chi connectivity index (χ1n) is 6.98. The van der Waals surface area contributed by atoms with Crippen LogP contribution in [0.4, 0.5) is 23.3 Å². The summed E-state index contributed by atoms with van der Waals surface area (Å²) in [6.45, 7) is 5.96. The second kappa shape index (κ2) is 5.85. The molecule has 2 N–H and O–H groups in total. The Labute approximate surface area is 128 Å². The lowest BCUT2D eigenvalue weighted by Crippen LogP contribution is -2.01. The molecule has 0 saturated carbocycles. The molecule has 2 aromatic heterocycles. The molecule has 0 aliphatic heterocycles. The maximum Gasteiger partial charge on any atom is 0.229 e. The number of aryl methyl sites for hydroxylation is 3. The molecule has 0 spiro atoms. The summed E-state index contributed by atoms with van der Waals surface area (Å²) in [7, 11) is 0. The SMILES string of the molecule is Cc1ccc(Nc2nccc(Nc3cc(C)on3)n2)c(C)c1. The highest BCUT2D eigenvalue weighted by atomic mass is 16.5. The average Bonchev–Trinajstić information content (AvgIpc) is 2.88. The maximum atomic E-state index is 5.02. The van der Waals surface area contributed by atoms with E-state index in [2.05, 4.69) is 51.7 Å². The molecule has 0 aliphatic carbocycles. The lowest BCUT2D eigenvalue weighted by Gasteiger charge is -2.09. The molecule has 0 bridgehead atoms. The molecule has 0 amide bonds. The van der Waals surface area contributed by atoms with Crippen molar-refractivity contribution in [2.24, 2.45) is 0 Å². The van der Waals surface area contributed by atoms with Crippen LogP contribution in [0.2, 0.25) is 0 Å². The van der Waals surface area contributed by atoms with Gasteiger partial charge in [0.1, 0.15) is 11.6 Å². The lowest BCUT2D eigenvalue weighted by atomic mass is 10.1. The van der Waals surface area contributed by atoms with Crippen molar-refractivity contribution in [3.63, 3.8) is 0 Å². The number of hydrogen-bond acceptors (Lipinski definition) is 6. The van der Waals surface area contributed by atoms with E-state index < -0.39 is 0 Å². The Morgan fingerprint density at radius 2 is 1.82 bits per heavy atom. The summed E-state index contributed by atoms with van der Waals surface area (Å²) in [5, 5.41) is 10.2. The predicted molar refractivity (Wildman–Crippen MR) is 85.8 cm³/mol. The van der Waals surface area contributed by atoms with Gasteiger partial charge in [0.05, 0.1) is 0 Å². The Hall–Kier alpha value is -2.89. The summed E-state index contributed by atoms with van der Waals surface area (Å²) in [6.07, 6.45) is 1.69. The van der Waals surface area contributed by atoms with Crippen LogP contribution >= 0.6 is 0 Å². The third kappa shape index (κ3) is 3.22. The number of aromatic nitrogens is 3. The smallest absolute Gasteiger partial charge is 0.229 e. The number of nitrogens with zero attached hydrogens (tertiary/aromatic N) is 3. The van der Waals surface area contributed by atoms with E-state index in [4.69, 9.17) is 4.52 Å². The van der Waals surface area contributed by atoms with Crippen molar-refractivity contribution in [2.45, 2.75) is 20.8 Å². The molecule has 1 aromatic carbocycles. The van der Waals surface area contributed by atoms with Crippen molar-refractivity contribution in [1.29, 1.82) is 0 Å². The summed E-state index contributed by atoms with van der Waals surface area (Å²) in [4.78, 5) is 8.66. The molecule has 3 rings (SSSR count). The van der Waals surface area contributed by atoms with Crippen LogP contribution in [-0.2, 0) is 0 Å². The summed E-state index contributed by atoms with van der Waals surface area (Å²) >= 11 is 0. The fourth-order valence-electron chi connectivity index (χ4n) is 2.12. The van der Waals surface area contributed by atoms with Crippen molar-refractivity contribution in [3.05, 3.63) is 53.4 Å². The Morgan fingerprint density at radius 3 is 2.55 bits per heavy atom. The number of nitrogens with one attached hydrogen (secondary N) is 2. The summed E-state index contributed by atoms with van der Waals surface area (Å²) in [5.41, 5.74) is 3.36. The summed E-state index contributed by atoms with van der Waals surface area (Å²) in [5.74, 6) is 2.53. The molecule has 3 aromatic rings. The van der Waals surface area contributed by atoms with Gasteiger partial charge in [0.25, 0.3) is 0 Å². The Morgan fingerprint density at radius 1 is 0.955 bits per heavy atom. The fourth-order valence-corrected chi connectivity index (χ4v) is 2.12. The molecule has 112 valence electrons. The molecule has 0 atom stereocenters. The topological polar surface area (TPSA) is 75.9 Å². The van der Waals surface area contributed by atoms with Crippen LogP contribution in [0.15, 0.2) is 41.1 Å². The molecule has 22 heavy (non-hydrogen) atoms. The van der Waals surface area contributed by atoms with Gasteiger partial charge in [-0.15, -0.1) is 0 Å². The van der Waals surface area contributed by atoms with Gasteiger partial charge in [0.15, 0.2) is 5.82 Å². The molecule has 0 saturated heterocycles. The van der Waals surface area contributed by atoms with Gasteiger partial charge in [-0.2, -0.15) is 4.98 Å². The van der Waals surface area contributed by atoms with E-state index in [0.29, 0.717) is 17.6 Å². The molecule has 6 heteroatoms. The molecule has 0 radical (unpaired) electrons. The van der Waals surface area contributed by atoms with Crippen molar-refractivity contribution in [3.8, 4) is 0 Å². The average molecular weight is 295 g/mol. The fraction of sp³-hybridized carbons (Fsp3) is 0.188. The molecule has 0 unspecified atom stereocenters. The summed E-state index contributed by atoms with van der Waals surface area (Å²) < 4.78 is 5.02. The minimum absolute atomic E-state index is 0.525. The number of hydrogen-bond donors (Lipinski definition) is 2. The van der Waals surface area contributed by atoms with E-state index in [1.807, 2.05) is 13.0 Å². The first kappa shape index (κ1) is 14.1. The normalized spacial score (nSPS) is 10.5. The second-order valence-electron chi connectivity index (χ2n) is 5.16. The predicted octanol–water partition coefficient (Wildman–Crippen LogP) is 3.88. The van der Waals surface area contributed by atoms with Crippen molar-refractivity contribution in [1.82, 2.24) is 15.1 Å². The largest absolute Gasteiger partial charge is 0.360 e. The zero-order valence-electron chi connectivity index (χ0n) is 12.7. The Kier molecular flexibility index (Phi) is 3.74. The number of benzene rings is 1. The van der Waals surface area contributed by atoms with Crippen LogP contribution in [0.1, 0.15) is 16.9 Å². The second-order valence-corrected chi connectivity index (χ2v) is 5.16. The van der Waals surface area contributed by atoms with Gasteiger partial charge >= 0.3 is 0 Å². The zero-order valence-corrected chi connectivity index (χ0v) is 12.7. The van der Waals surface area contributed by atoms with E-state index in [1.54, 1.807) is 18.3 Å². The van der Waals surface area contributed by atoms with Crippen LogP contribution in [0, 0.1) is 20.8 Å². The van der Waals surface area contributed by atoms with Gasteiger partial charge in [0, 0.05) is 18.0 Å². The van der Waals surface area contributed by atoms with Gasteiger partial charge in [-0.25, -0.2) is 4.98 Å². The molecule has 0 fully saturated rings. The highest BCUT2D eigenvalue weighted by molar-refractivity contribution is 5.60. The quantitative estimate of drug-likeness (QED) is 0.760. The van der Waals surface area contributed by atoms with Gasteiger partial charge in [-0.05, 0) is 38.5 Å². The molecule has 6 nitrogen and oxygen atoms in total. The molecule has 2 heterocycles. The number of rotatable bonds is 4.